The fourth-order valence-electron chi connectivity index (χ4n) is 2.89. The van der Waals surface area contributed by atoms with E-state index in [0.717, 1.165) is 13.1 Å². The Morgan fingerprint density at radius 3 is 2.30 bits per heavy atom. The molecule has 1 rings (SSSR count). The molecule has 0 radical (unpaired) electrons. The molecule has 0 aliphatic heterocycles. The highest BCUT2D eigenvalue weighted by molar-refractivity contribution is 5.56. The molecular formula is C18H32N2. The standard InChI is InChI=1S/C18H32N2/c1-7-17(8-2)20(13-14(3)4)18-10-9-15(5)11-16(18)12-19-6/h9-11,14,17,19H,7-8,12-13H2,1-6H3. The topological polar surface area (TPSA) is 15.3 Å². The van der Waals surface area contributed by atoms with Gasteiger partial charge in [0.05, 0.1) is 0 Å². The van der Waals surface area contributed by atoms with Gasteiger partial charge >= 0.3 is 0 Å². The summed E-state index contributed by atoms with van der Waals surface area (Å²) in [4.78, 5) is 2.62. The highest BCUT2D eigenvalue weighted by atomic mass is 15.2. The summed E-state index contributed by atoms with van der Waals surface area (Å²) in [5.41, 5.74) is 4.17. The van der Waals surface area contributed by atoms with Crippen molar-refractivity contribution in [3.63, 3.8) is 0 Å². The Labute approximate surface area is 125 Å². The molecule has 0 aromatic heterocycles. The lowest BCUT2D eigenvalue weighted by atomic mass is 10.0. The fourth-order valence-corrected chi connectivity index (χ4v) is 2.89. The quantitative estimate of drug-likeness (QED) is 0.758. The Bertz CT molecular complexity index is 394. The summed E-state index contributed by atoms with van der Waals surface area (Å²) < 4.78 is 0. The summed E-state index contributed by atoms with van der Waals surface area (Å²) >= 11 is 0. The predicted molar refractivity (Wildman–Crippen MR) is 90.5 cm³/mol. The zero-order valence-electron chi connectivity index (χ0n) is 14.2. The highest BCUT2D eigenvalue weighted by Gasteiger charge is 2.19. The number of hydrogen-bond donors (Lipinski definition) is 1. The SMILES string of the molecule is CCC(CC)N(CC(C)C)c1ccc(C)cc1CNC. The van der Waals surface area contributed by atoms with Gasteiger partial charge in [0.15, 0.2) is 0 Å². The van der Waals surface area contributed by atoms with Crippen molar-refractivity contribution in [1.82, 2.24) is 5.32 Å². The molecule has 0 aliphatic carbocycles. The third-order valence-electron chi connectivity index (χ3n) is 3.86. The van der Waals surface area contributed by atoms with E-state index in [1.165, 1.54) is 29.7 Å². The molecule has 0 bridgehead atoms. The van der Waals surface area contributed by atoms with Crippen LogP contribution in [-0.4, -0.2) is 19.6 Å². The molecule has 0 heterocycles. The smallest absolute Gasteiger partial charge is 0.0414 e. The van der Waals surface area contributed by atoms with Gasteiger partial charge in [-0.2, -0.15) is 0 Å². The largest absolute Gasteiger partial charge is 0.368 e. The Kier molecular flexibility index (Phi) is 7.08. The van der Waals surface area contributed by atoms with Crippen LogP contribution in [0, 0.1) is 12.8 Å². The minimum absolute atomic E-state index is 0.635. The second-order valence-corrected chi connectivity index (χ2v) is 6.18. The third kappa shape index (κ3) is 4.52. The van der Waals surface area contributed by atoms with E-state index in [1.807, 2.05) is 7.05 Å². The first-order chi connectivity index (χ1) is 9.53. The number of hydrogen-bond acceptors (Lipinski definition) is 2. The lowest BCUT2D eigenvalue weighted by Crippen LogP contribution is -2.38. The van der Waals surface area contributed by atoms with Gasteiger partial charge < -0.3 is 10.2 Å². The summed E-state index contributed by atoms with van der Waals surface area (Å²) in [6, 6.07) is 7.50. The van der Waals surface area contributed by atoms with Crippen LogP contribution in [0.5, 0.6) is 0 Å². The van der Waals surface area contributed by atoms with E-state index in [9.17, 15) is 0 Å². The number of aryl methyl sites for hydroxylation is 1. The lowest BCUT2D eigenvalue weighted by molar-refractivity contribution is 0.505. The van der Waals surface area contributed by atoms with Gasteiger partial charge in [0.2, 0.25) is 0 Å². The van der Waals surface area contributed by atoms with Crippen molar-refractivity contribution in [2.75, 3.05) is 18.5 Å². The van der Waals surface area contributed by atoms with Crippen molar-refractivity contribution in [1.29, 1.82) is 0 Å². The molecular weight excluding hydrogens is 244 g/mol. The van der Waals surface area contributed by atoms with E-state index in [1.54, 1.807) is 0 Å². The van der Waals surface area contributed by atoms with Crippen LogP contribution in [-0.2, 0) is 6.54 Å². The maximum Gasteiger partial charge on any atom is 0.0414 e. The molecule has 1 aromatic rings. The summed E-state index contributed by atoms with van der Waals surface area (Å²) in [6.45, 7) is 13.5. The Hall–Kier alpha value is -1.02. The van der Waals surface area contributed by atoms with Gasteiger partial charge in [-0.25, -0.2) is 0 Å². The van der Waals surface area contributed by atoms with Gasteiger partial charge in [-0.05, 0) is 44.4 Å². The molecule has 0 aliphatic rings. The third-order valence-corrected chi connectivity index (χ3v) is 3.86. The van der Waals surface area contributed by atoms with Crippen LogP contribution in [0.1, 0.15) is 51.7 Å². The van der Waals surface area contributed by atoms with Gasteiger partial charge in [-0.1, -0.05) is 45.4 Å². The van der Waals surface area contributed by atoms with Crippen LogP contribution < -0.4 is 10.2 Å². The Balaban J connectivity index is 3.17. The second-order valence-electron chi connectivity index (χ2n) is 6.18. The number of rotatable bonds is 8. The van der Waals surface area contributed by atoms with Crippen LogP contribution >= 0.6 is 0 Å². The van der Waals surface area contributed by atoms with Crippen molar-refractivity contribution in [3.05, 3.63) is 29.3 Å². The van der Waals surface area contributed by atoms with E-state index in [-0.39, 0.29) is 0 Å². The van der Waals surface area contributed by atoms with E-state index in [2.05, 4.69) is 63.0 Å². The van der Waals surface area contributed by atoms with Crippen LogP contribution in [0.2, 0.25) is 0 Å². The number of nitrogens with one attached hydrogen (secondary N) is 1. The summed E-state index contributed by atoms with van der Waals surface area (Å²) in [6.07, 6.45) is 2.41. The van der Waals surface area contributed by atoms with Crippen LogP contribution in [0.25, 0.3) is 0 Å². The van der Waals surface area contributed by atoms with Crippen LogP contribution in [0.15, 0.2) is 18.2 Å². The molecule has 0 spiro atoms. The summed E-state index contributed by atoms with van der Waals surface area (Å²) in [5.74, 6) is 0.680. The first kappa shape index (κ1) is 17.0. The predicted octanol–water partition coefficient (Wildman–Crippen LogP) is 4.37. The molecule has 0 atom stereocenters. The molecule has 2 heteroatoms. The fraction of sp³-hybridized carbons (Fsp3) is 0.667. The maximum atomic E-state index is 3.31. The van der Waals surface area contributed by atoms with E-state index in [0.29, 0.717) is 12.0 Å². The second kappa shape index (κ2) is 8.31. The van der Waals surface area contributed by atoms with Gasteiger partial charge in [0.1, 0.15) is 0 Å². The highest BCUT2D eigenvalue weighted by Crippen LogP contribution is 2.27. The number of nitrogens with zero attached hydrogens (tertiary/aromatic N) is 1. The minimum Gasteiger partial charge on any atom is -0.368 e. The van der Waals surface area contributed by atoms with Gasteiger partial charge in [-0.3, -0.25) is 0 Å². The van der Waals surface area contributed by atoms with Gasteiger partial charge in [0.25, 0.3) is 0 Å². The lowest BCUT2D eigenvalue weighted by Gasteiger charge is -2.36. The average molecular weight is 276 g/mol. The van der Waals surface area contributed by atoms with Crippen LogP contribution in [0.4, 0.5) is 5.69 Å². The number of benzene rings is 1. The molecule has 0 saturated heterocycles. The molecule has 20 heavy (non-hydrogen) atoms. The van der Waals surface area contributed by atoms with E-state index >= 15 is 0 Å². The van der Waals surface area contributed by atoms with Crippen molar-refractivity contribution < 1.29 is 0 Å². The first-order valence-electron chi connectivity index (χ1n) is 8.04. The average Bonchev–Trinajstić information content (AvgIpc) is 2.39. The van der Waals surface area contributed by atoms with Gasteiger partial charge in [-0.15, -0.1) is 0 Å². The van der Waals surface area contributed by atoms with E-state index in [4.69, 9.17) is 0 Å². The Morgan fingerprint density at radius 1 is 1.15 bits per heavy atom. The summed E-state index contributed by atoms with van der Waals surface area (Å²) in [7, 11) is 2.02. The normalized spacial score (nSPS) is 11.4. The van der Waals surface area contributed by atoms with Gasteiger partial charge in [0, 0.05) is 24.8 Å². The minimum atomic E-state index is 0.635. The zero-order chi connectivity index (χ0) is 15.1. The molecule has 0 saturated carbocycles. The maximum absolute atomic E-state index is 3.31. The molecule has 1 N–H and O–H groups in total. The van der Waals surface area contributed by atoms with Crippen molar-refractivity contribution in [3.8, 4) is 0 Å². The Morgan fingerprint density at radius 2 is 1.80 bits per heavy atom. The first-order valence-corrected chi connectivity index (χ1v) is 8.04. The molecule has 114 valence electrons. The zero-order valence-corrected chi connectivity index (χ0v) is 14.2. The molecule has 0 fully saturated rings. The van der Waals surface area contributed by atoms with Crippen molar-refractivity contribution >= 4 is 5.69 Å². The van der Waals surface area contributed by atoms with Crippen LogP contribution in [0.3, 0.4) is 0 Å². The number of anilines is 1. The van der Waals surface area contributed by atoms with Crippen molar-refractivity contribution in [2.24, 2.45) is 5.92 Å². The van der Waals surface area contributed by atoms with Crippen molar-refractivity contribution in [2.45, 2.75) is 60.0 Å². The molecule has 2 nitrogen and oxygen atoms in total. The van der Waals surface area contributed by atoms with E-state index < -0.39 is 0 Å². The summed E-state index contributed by atoms with van der Waals surface area (Å²) in [5, 5.41) is 3.31. The molecule has 1 aromatic carbocycles. The molecule has 0 amide bonds. The monoisotopic (exact) mass is 276 g/mol. The molecule has 0 unspecified atom stereocenters.